The number of hydrogen-bond acceptors (Lipinski definition) is 2. The summed E-state index contributed by atoms with van der Waals surface area (Å²) in [6.07, 6.45) is -2.87. The van der Waals surface area contributed by atoms with Crippen LogP contribution in [-0.2, 0) is 0 Å². The molecule has 2 nitrogen and oxygen atoms in total. The molecule has 70 valence electrons. The van der Waals surface area contributed by atoms with E-state index in [0.29, 0.717) is 4.90 Å². The third-order valence-electron chi connectivity index (χ3n) is 1.54. The van der Waals surface area contributed by atoms with Crippen molar-refractivity contribution in [1.29, 1.82) is 5.26 Å². The first-order valence-electron chi connectivity index (χ1n) is 3.50. The van der Waals surface area contributed by atoms with Crippen LogP contribution in [0.1, 0.15) is 13.8 Å². The van der Waals surface area contributed by atoms with E-state index in [1.54, 1.807) is 0 Å². The summed E-state index contributed by atoms with van der Waals surface area (Å²) in [5, 5.41) is 8.29. The summed E-state index contributed by atoms with van der Waals surface area (Å²) >= 11 is 0. The van der Waals surface area contributed by atoms with Crippen LogP contribution in [0.4, 0.5) is 13.2 Å². The number of rotatable bonds is 2. The Bertz CT molecular complexity index is 180. The van der Waals surface area contributed by atoms with Crippen LogP contribution in [0.5, 0.6) is 0 Å². The van der Waals surface area contributed by atoms with Crippen LogP contribution < -0.4 is 0 Å². The van der Waals surface area contributed by atoms with Gasteiger partial charge in [0.15, 0.2) is 6.19 Å². The number of alkyl halides is 3. The predicted octanol–water partition coefficient (Wildman–Crippen LogP) is 1.99. The minimum absolute atomic E-state index is 0.616. The van der Waals surface area contributed by atoms with Gasteiger partial charge in [0.25, 0.3) is 0 Å². The van der Waals surface area contributed by atoms with E-state index in [-0.39, 0.29) is 0 Å². The lowest BCUT2D eigenvalue weighted by Gasteiger charge is -2.28. The van der Waals surface area contributed by atoms with Crippen molar-refractivity contribution in [2.75, 3.05) is 7.05 Å². The molecule has 0 rings (SSSR count). The molecule has 0 aromatic rings. The molecule has 1 unspecified atom stereocenters. The Morgan fingerprint density at radius 2 is 1.75 bits per heavy atom. The van der Waals surface area contributed by atoms with Crippen molar-refractivity contribution in [3.8, 4) is 6.19 Å². The highest BCUT2D eigenvalue weighted by atomic mass is 19.4. The van der Waals surface area contributed by atoms with Gasteiger partial charge >= 0.3 is 6.18 Å². The largest absolute Gasteiger partial charge is 0.409 e. The molecule has 0 aromatic heterocycles. The van der Waals surface area contributed by atoms with Gasteiger partial charge in [-0.1, -0.05) is 13.8 Å². The zero-order chi connectivity index (χ0) is 9.94. The molecule has 5 heteroatoms. The van der Waals surface area contributed by atoms with Crippen molar-refractivity contribution in [1.82, 2.24) is 4.90 Å². The van der Waals surface area contributed by atoms with Crippen LogP contribution in [0.15, 0.2) is 0 Å². The van der Waals surface area contributed by atoms with Gasteiger partial charge in [0.05, 0.1) is 0 Å². The fourth-order valence-electron chi connectivity index (χ4n) is 1.11. The van der Waals surface area contributed by atoms with Gasteiger partial charge < -0.3 is 4.90 Å². The summed E-state index contributed by atoms with van der Waals surface area (Å²) in [5.41, 5.74) is 0. The number of nitriles is 1. The van der Waals surface area contributed by atoms with Gasteiger partial charge in [-0.15, -0.1) is 0 Å². The Hall–Kier alpha value is -0.920. The molecule has 0 bridgehead atoms. The highest BCUT2D eigenvalue weighted by Gasteiger charge is 2.44. The average molecular weight is 180 g/mol. The fourth-order valence-corrected chi connectivity index (χ4v) is 1.11. The molecule has 0 aliphatic heterocycles. The molecule has 12 heavy (non-hydrogen) atoms. The molecule has 0 radical (unpaired) electrons. The molecule has 1 atom stereocenters. The molecular formula is C7H11F3N2. The first-order valence-corrected chi connectivity index (χ1v) is 3.50. The van der Waals surface area contributed by atoms with Crippen LogP contribution in [0.25, 0.3) is 0 Å². The normalized spacial score (nSPS) is 14.2. The Kier molecular flexibility index (Phi) is 3.37. The van der Waals surface area contributed by atoms with Gasteiger partial charge in [-0.2, -0.15) is 18.4 Å². The zero-order valence-electron chi connectivity index (χ0n) is 7.18. The van der Waals surface area contributed by atoms with Crippen LogP contribution in [0.2, 0.25) is 0 Å². The van der Waals surface area contributed by atoms with Crippen LogP contribution >= 0.6 is 0 Å². The summed E-state index contributed by atoms with van der Waals surface area (Å²) in [6.45, 7) is 2.87. The fraction of sp³-hybridized carbons (Fsp3) is 0.857. The lowest BCUT2D eigenvalue weighted by molar-refractivity contribution is -0.183. The monoisotopic (exact) mass is 180 g/mol. The van der Waals surface area contributed by atoms with E-state index in [1.165, 1.54) is 20.0 Å². The second-order valence-electron chi connectivity index (χ2n) is 2.94. The SMILES string of the molecule is CC(C)C(N(C)C#N)C(F)(F)F. The lowest BCUT2D eigenvalue weighted by Crippen LogP contribution is -2.44. The van der Waals surface area contributed by atoms with Crippen molar-refractivity contribution >= 4 is 0 Å². The summed E-state index contributed by atoms with van der Waals surface area (Å²) in [5.74, 6) is -0.616. The minimum Gasteiger partial charge on any atom is -0.301 e. The van der Waals surface area contributed by atoms with E-state index in [1.807, 2.05) is 0 Å². The van der Waals surface area contributed by atoms with Gasteiger partial charge in [-0.3, -0.25) is 0 Å². The summed E-state index contributed by atoms with van der Waals surface area (Å²) in [6, 6.07) is -1.68. The summed E-state index contributed by atoms with van der Waals surface area (Å²) < 4.78 is 36.6. The van der Waals surface area contributed by atoms with Crippen molar-refractivity contribution in [2.45, 2.75) is 26.1 Å². The number of hydrogen-bond donors (Lipinski definition) is 0. The molecular weight excluding hydrogens is 169 g/mol. The van der Waals surface area contributed by atoms with E-state index in [9.17, 15) is 13.2 Å². The molecule has 0 aliphatic rings. The van der Waals surface area contributed by atoms with E-state index < -0.39 is 18.1 Å². The van der Waals surface area contributed by atoms with E-state index in [0.717, 1.165) is 7.05 Å². The van der Waals surface area contributed by atoms with E-state index in [2.05, 4.69) is 0 Å². The van der Waals surface area contributed by atoms with Crippen molar-refractivity contribution in [3.63, 3.8) is 0 Å². The zero-order valence-corrected chi connectivity index (χ0v) is 7.18. The highest BCUT2D eigenvalue weighted by molar-refractivity contribution is 4.86. The maximum Gasteiger partial charge on any atom is 0.409 e. The maximum absolute atomic E-state index is 12.2. The van der Waals surface area contributed by atoms with Gasteiger partial charge in [-0.25, -0.2) is 0 Å². The molecule has 0 fully saturated rings. The highest BCUT2D eigenvalue weighted by Crippen LogP contribution is 2.28. The summed E-state index contributed by atoms with van der Waals surface area (Å²) in [4.78, 5) is 0.630. The molecule has 0 aromatic carbocycles. The van der Waals surface area contributed by atoms with Crippen LogP contribution in [0, 0.1) is 17.4 Å². The third-order valence-corrected chi connectivity index (χ3v) is 1.54. The van der Waals surface area contributed by atoms with Gasteiger partial charge in [0.1, 0.15) is 6.04 Å². The molecule has 0 heterocycles. The third kappa shape index (κ3) is 2.61. The average Bonchev–Trinajstić information content (AvgIpc) is 1.83. The number of halogens is 3. The van der Waals surface area contributed by atoms with Gasteiger partial charge in [0, 0.05) is 7.05 Å². The van der Waals surface area contributed by atoms with Crippen molar-refractivity contribution in [2.24, 2.45) is 5.92 Å². The minimum atomic E-state index is -4.33. The Labute approximate surface area is 69.6 Å². The number of nitrogens with zero attached hydrogens (tertiary/aromatic N) is 2. The van der Waals surface area contributed by atoms with Gasteiger partial charge in [0.2, 0.25) is 0 Å². The second kappa shape index (κ2) is 3.65. The summed E-state index contributed by atoms with van der Waals surface area (Å²) in [7, 11) is 1.14. The molecule has 0 saturated heterocycles. The van der Waals surface area contributed by atoms with Crippen LogP contribution in [-0.4, -0.2) is 24.2 Å². The molecule has 0 spiro atoms. The second-order valence-corrected chi connectivity index (χ2v) is 2.94. The Balaban J connectivity index is 4.59. The molecule has 0 aliphatic carbocycles. The maximum atomic E-state index is 12.2. The van der Waals surface area contributed by atoms with Gasteiger partial charge in [-0.05, 0) is 5.92 Å². The quantitative estimate of drug-likeness (QED) is 0.480. The van der Waals surface area contributed by atoms with E-state index >= 15 is 0 Å². The molecule has 0 amide bonds. The predicted molar refractivity (Wildman–Crippen MR) is 38.1 cm³/mol. The standard InChI is InChI=1S/C7H11F3N2/c1-5(2)6(7(8,9)10)12(3)4-11/h5-6H,1-3H3. The Morgan fingerprint density at radius 1 is 1.33 bits per heavy atom. The Morgan fingerprint density at radius 3 is 1.83 bits per heavy atom. The first kappa shape index (κ1) is 11.1. The topological polar surface area (TPSA) is 27.0 Å². The van der Waals surface area contributed by atoms with Crippen molar-refractivity contribution < 1.29 is 13.2 Å². The van der Waals surface area contributed by atoms with Crippen LogP contribution in [0.3, 0.4) is 0 Å². The van der Waals surface area contributed by atoms with Crippen molar-refractivity contribution in [3.05, 3.63) is 0 Å². The van der Waals surface area contributed by atoms with E-state index in [4.69, 9.17) is 5.26 Å². The smallest absolute Gasteiger partial charge is 0.301 e. The first-order chi connectivity index (χ1) is 5.30. The lowest BCUT2D eigenvalue weighted by atomic mass is 10.0. The molecule has 0 N–H and O–H groups in total. The molecule has 0 saturated carbocycles.